The predicted octanol–water partition coefficient (Wildman–Crippen LogP) is 7.29. The smallest absolute Gasteiger partial charge is 0.130 e. The molecule has 0 unspecified atom stereocenters. The van der Waals surface area contributed by atoms with E-state index in [0.717, 1.165) is 39.8 Å². The lowest BCUT2D eigenvalue weighted by Gasteiger charge is -2.23. The minimum absolute atomic E-state index is 0.0189. The fraction of sp³-hybridized carbons (Fsp3) is 0.324. The van der Waals surface area contributed by atoms with Gasteiger partial charge in [-0.05, 0) is 41.5 Å². The highest BCUT2D eigenvalue weighted by molar-refractivity contribution is 8.00. The van der Waals surface area contributed by atoms with Crippen molar-refractivity contribution in [1.82, 2.24) is 14.9 Å². The zero-order chi connectivity index (χ0) is 29.0. The molecule has 4 aromatic rings. The summed E-state index contributed by atoms with van der Waals surface area (Å²) in [6.07, 6.45) is 7.41. The molecule has 212 valence electrons. The zero-order valence-corrected chi connectivity index (χ0v) is 25.3. The van der Waals surface area contributed by atoms with Crippen LogP contribution in [0.5, 0.6) is 5.75 Å². The summed E-state index contributed by atoms with van der Waals surface area (Å²) in [4.78, 5) is 22.0. The van der Waals surface area contributed by atoms with Gasteiger partial charge in [-0.2, -0.15) is 0 Å². The number of hydrogen-bond donors (Lipinski definition) is 1. The number of benzene rings is 2. The average molecular weight is 567 g/mol. The maximum absolute atomic E-state index is 12.1. The summed E-state index contributed by atoms with van der Waals surface area (Å²) >= 11 is 1.85. The fourth-order valence-corrected chi connectivity index (χ4v) is 6.05. The first-order valence-corrected chi connectivity index (χ1v) is 14.8. The zero-order valence-electron chi connectivity index (χ0n) is 24.5. The highest BCUT2D eigenvalue weighted by Gasteiger charge is 2.28. The van der Waals surface area contributed by atoms with Gasteiger partial charge in [-0.1, -0.05) is 65.0 Å². The second kappa shape index (κ2) is 12.0. The van der Waals surface area contributed by atoms with Gasteiger partial charge in [0, 0.05) is 68.8 Å². The maximum atomic E-state index is 12.1. The second-order valence-corrected chi connectivity index (χ2v) is 14.0. The molecule has 1 N–H and O–H groups in total. The third-order valence-electron chi connectivity index (χ3n) is 6.85. The van der Waals surface area contributed by atoms with Crippen molar-refractivity contribution < 1.29 is 9.53 Å². The van der Waals surface area contributed by atoms with Crippen molar-refractivity contribution in [2.45, 2.75) is 63.8 Å². The third kappa shape index (κ3) is 7.09. The van der Waals surface area contributed by atoms with E-state index in [1.807, 2.05) is 62.3 Å². The summed E-state index contributed by atoms with van der Waals surface area (Å²) in [7, 11) is 0. The largest absolute Gasteiger partial charge is 0.487 e. The van der Waals surface area contributed by atoms with Crippen LogP contribution in [0.3, 0.4) is 0 Å². The number of nitrogens with zero attached hydrogens (tertiary/aromatic N) is 3. The summed E-state index contributed by atoms with van der Waals surface area (Å²) in [5.41, 5.74) is 6.09. The highest BCUT2D eigenvalue weighted by Crippen LogP contribution is 2.44. The van der Waals surface area contributed by atoms with Gasteiger partial charge >= 0.3 is 0 Å². The summed E-state index contributed by atoms with van der Waals surface area (Å²) < 4.78 is 8.55. The van der Waals surface area contributed by atoms with Crippen molar-refractivity contribution in [3.05, 3.63) is 95.6 Å². The first-order valence-electron chi connectivity index (χ1n) is 14.0. The lowest BCUT2D eigenvalue weighted by Crippen LogP contribution is -2.20. The van der Waals surface area contributed by atoms with Crippen LogP contribution in [0.4, 0.5) is 0 Å². The maximum Gasteiger partial charge on any atom is 0.130 e. The quantitative estimate of drug-likeness (QED) is 0.161. The Morgan fingerprint density at radius 1 is 1.05 bits per heavy atom. The standard InChI is InChI=1S/C34H38N4O2S/c1-33(2,3)41-32-29-16-28(40-21-27-8-6-7-15-37-27)13-14-30(29)38(31(32)17-34(4,5)22-39)20-24-9-11-25(12-10-24)26-18-35-23-36-19-26/h6-16,18-19,22,35H,17,20-21,23H2,1-5H3. The van der Waals surface area contributed by atoms with E-state index >= 15 is 0 Å². The van der Waals surface area contributed by atoms with Gasteiger partial charge in [-0.3, -0.25) is 9.98 Å². The van der Waals surface area contributed by atoms with Gasteiger partial charge in [0.15, 0.2) is 0 Å². The third-order valence-corrected chi connectivity index (χ3v) is 8.13. The van der Waals surface area contributed by atoms with Gasteiger partial charge < -0.3 is 19.4 Å². The van der Waals surface area contributed by atoms with E-state index in [9.17, 15) is 4.79 Å². The van der Waals surface area contributed by atoms with E-state index in [1.165, 1.54) is 16.2 Å². The first kappa shape index (κ1) is 28.7. The van der Waals surface area contributed by atoms with Gasteiger partial charge in [0.05, 0.1) is 5.69 Å². The Hall–Kier alpha value is -3.84. The lowest BCUT2D eigenvalue weighted by atomic mass is 9.89. The number of ether oxygens (including phenoxy) is 1. The van der Waals surface area contributed by atoms with Crippen molar-refractivity contribution >= 4 is 40.7 Å². The molecule has 3 heterocycles. The molecule has 5 rings (SSSR count). The van der Waals surface area contributed by atoms with Gasteiger partial charge in [-0.15, -0.1) is 11.8 Å². The van der Waals surface area contributed by atoms with Crippen LogP contribution in [0.25, 0.3) is 16.5 Å². The van der Waals surface area contributed by atoms with Crippen LogP contribution in [-0.2, 0) is 24.4 Å². The molecule has 0 saturated heterocycles. The Morgan fingerprint density at radius 3 is 2.51 bits per heavy atom. The Bertz CT molecular complexity index is 1580. The Morgan fingerprint density at radius 2 is 1.85 bits per heavy atom. The summed E-state index contributed by atoms with van der Waals surface area (Å²) in [6, 6.07) is 20.8. The number of aliphatic imine (C=N–C) groups is 1. The summed E-state index contributed by atoms with van der Waals surface area (Å²) in [6.45, 7) is 12.4. The van der Waals surface area contributed by atoms with Crippen LogP contribution in [0, 0.1) is 5.41 Å². The molecular weight excluding hydrogens is 528 g/mol. The first-order chi connectivity index (χ1) is 19.6. The SMILES string of the molecule is CC(C)(C=O)Cc1c(SC(C)(C)C)c2cc(OCc3ccccn3)ccc2n1Cc1ccc(C2=CNCN=C2)cc1. The number of pyridine rings is 1. The van der Waals surface area contributed by atoms with Crippen molar-refractivity contribution in [3.8, 4) is 5.75 Å². The van der Waals surface area contributed by atoms with Crippen molar-refractivity contribution in [3.63, 3.8) is 0 Å². The molecule has 0 bridgehead atoms. The van der Waals surface area contributed by atoms with Crippen LogP contribution in [0.15, 0.2) is 82.9 Å². The monoisotopic (exact) mass is 566 g/mol. The van der Waals surface area contributed by atoms with Crippen LogP contribution in [0.1, 0.15) is 57.1 Å². The Labute approximate surface area is 246 Å². The number of nitrogens with one attached hydrogen (secondary N) is 1. The molecular formula is C34H38N4O2S. The van der Waals surface area contributed by atoms with E-state index in [1.54, 1.807) is 6.20 Å². The number of thioether (sulfide) groups is 1. The van der Waals surface area contributed by atoms with E-state index in [0.29, 0.717) is 26.2 Å². The molecule has 0 radical (unpaired) electrons. The van der Waals surface area contributed by atoms with E-state index in [4.69, 9.17) is 4.74 Å². The van der Waals surface area contributed by atoms with Gasteiger partial charge in [0.25, 0.3) is 0 Å². The molecule has 0 fully saturated rings. The molecule has 0 atom stereocenters. The Kier molecular flexibility index (Phi) is 8.36. The molecule has 6 nitrogen and oxygen atoms in total. The molecule has 0 spiro atoms. The van der Waals surface area contributed by atoms with Gasteiger partial charge in [-0.25, -0.2) is 0 Å². The van der Waals surface area contributed by atoms with E-state index in [-0.39, 0.29) is 4.75 Å². The molecule has 0 aliphatic carbocycles. The summed E-state index contributed by atoms with van der Waals surface area (Å²) in [5, 5.41) is 4.32. The number of allylic oxidation sites excluding steroid dienone is 1. The molecule has 0 saturated carbocycles. The number of carbonyl (C=O) groups excluding carboxylic acids is 1. The summed E-state index contributed by atoms with van der Waals surface area (Å²) in [5.74, 6) is 0.803. The van der Waals surface area contributed by atoms with Crippen LogP contribution >= 0.6 is 11.8 Å². The molecule has 7 heteroatoms. The highest BCUT2D eigenvalue weighted by atomic mass is 32.2. The molecule has 1 aliphatic rings. The van der Waals surface area contributed by atoms with E-state index in [2.05, 4.69) is 77.0 Å². The van der Waals surface area contributed by atoms with Crippen molar-refractivity contribution in [1.29, 1.82) is 0 Å². The molecule has 41 heavy (non-hydrogen) atoms. The van der Waals surface area contributed by atoms with Crippen molar-refractivity contribution in [2.24, 2.45) is 10.4 Å². The number of hydrogen-bond acceptors (Lipinski definition) is 6. The second-order valence-electron chi connectivity index (χ2n) is 12.1. The average Bonchev–Trinajstić information content (AvgIpc) is 3.22. The minimum Gasteiger partial charge on any atom is -0.487 e. The number of aromatic nitrogens is 2. The van der Waals surface area contributed by atoms with Crippen molar-refractivity contribution in [2.75, 3.05) is 6.67 Å². The normalized spacial score (nSPS) is 13.6. The van der Waals surface area contributed by atoms with Gasteiger partial charge in [0.1, 0.15) is 25.3 Å². The van der Waals surface area contributed by atoms with Crippen LogP contribution < -0.4 is 10.1 Å². The number of carbonyl (C=O) groups is 1. The van der Waals surface area contributed by atoms with E-state index < -0.39 is 5.41 Å². The molecule has 1 aliphatic heterocycles. The molecule has 2 aromatic heterocycles. The Balaban J connectivity index is 1.57. The minimum atomic E-state index is -0.499. The number of fused-ring (bicyclic) bond motifs is 1. The predicted molar refractivity (Wildman–Crippen MR) is 170 cm³/mol. The molecule has 2 aromatic carbocycles. The van der Waals surface area contributed by atoms with Gasteiger partial charge in [0.2, 0.25) is 0 Å². The fourth-order valence-electron chi connectivity index (χ4n) is 4.87. The number of aldehydes is 1. The molecule has 0 amide bonds. The lowest BCUT2D eigenvalue weighted by molar-refractivity contribution is -0.114. The van der Waals surface area contributed by atoms with Crippen LogP contribution in [-0.4, -0.2) is 33.5 Å². The number of rotatable bonds is 10. The van der Waals surface area contributed by atoms with Crippen LogP contribution in [0.2, 0.25) is 0 Å². The topological polar surface area (TPSA) is 68.5 Å².